The number of rotatable bonds is 2. The lowest BCUT2D eigenvalue weighted by atomic mass is 9.90. The molecule has 110 valence electrons. The van der Waals surface area contributed by atoms with E-state index in [1.54, 1.807) is 0 Å². The van der Waals surface area contributed by atoms with E-state index in [1.807, 2.05) is 20.8 Å². The van der Waals surface area contributed by atoms with E-state index in [4.69, 9.17) is 0 Å². The van der Waals surface area contributed by atoms with Crippen molar-refractivity contribution < 1.29 is 13.2 Å². The van der Waals surface area contributed by atoms with Crippen LogP contribution in [0.4, 0.5) is 13.2 Å². The van der Waals surface area contributed by atoms with E-state index < -0.39 is 11.7 Å². The molecule has 3 heteroatoms. The molecular formula is C18H17F3. The van der Waals surface area contributed by atoms with Crippen LogP contribution in [0.5, 0.6) is 0 Å². The van der Waals surface area contributed by atoms with Gasteiger partial charge in [0, 0.05) is 0 Å². The Labute approximate surface area is 122 Å². The van der Waals surface area contributed by atoms with Crippen LogP contribution in [0.1, 0.15) is 33.4 Å². The van der Waals surface area contributed by atoms with Crippen molar-refractivity contribution in [3.63, 3.8) is 0 Å². The fourth-order valence-corrected chi connectivity index (χ4v) is 2.66. The van der Waals surface area contributed by atoms with Gasteiger partial charge in [-0.15, -0.1) is 0 Å². The average Bonchev–Trinajstić information content (AvgIpc) is 2.36. The number of hydrogen-bond acceptors (Lipinski definition) is 0. The Hall–Kier alpha value is -2.03. The Bertz CT molecular complexity index is 654. The molecule has 0 saturated carbocycles. The zero-order chi connectivity index (χ0) is 15.8. The van der Waals surface area contributed by atoms with Crippen molar-refractivity contribution in [3.8, 4) is 0 Å². The summed E-state index contributed by atoms with van der Waals surface area (Å²) in [5.41, 5.74) is 5.14. The number of hydrogen-bond donors (Lipinski definition) is 0. The van der Waals surface area contributed by atoms with Gasteiger partial charge in [-0.25, -0.2) is 0 Å². The molecule has 0 N–H and O–H groups in total. The van der Waals surface area contributed by atoms with Gasteiger partial charge in [0.1, 0.15) is 0 Å². The molecule has 0 radical (unpaired) electrons. The van der Waals surface area contributed by atoms with Crippen LogP contribution in [0.2, 0.25) is 0 Å². The molecule has 0 atom stereocenters. The maximum atomic E-state index is 12.6. The summed E-state index contributed by atoms with van der Waals surface area (Å²) in [6.45, 7) is 10.1. The molecule has 0 unspecified atom stereocenters. The van der Waals surface area contributed by atoms with E-state index in [0.29, 0.717) is 5.56 Å². The second kappa shape index (κ2) is 5.40. The first-order valence-electron chi connectivity index (χ1n) is 6.65. The minimum atomic E-state index is -4.31. The van der Waals surface area contributed by atoms with E-state index in [9.17, 15) is 13.2 Å². The fourth-order valence-electron chi connectivity index (χ4n) is 2.66. The van der Waals surface area contributed by atoms with Crippen LogP contribution in [-0.4, -0.2) is 0 Å². The van der Waals surface area contributed by atoms with Crippen molar-refractivity contribution in [2.75, 3.05) is 0 Å². The van der Waals surface area contributed by atoms with Crippen molar-refractivity contribution >= 4 is 5.57 Å². The van der Waals surface area contributed by atoms with Gasteiger partial charge < -0.3 is 0 Å². The highest BCUT2D eigenvalue weighted by Crippen LogP contribution is 2.32. The van der Waals surface area contributed by atoms with Crippen LogP contribution >= 0.6 is 0 Å². The second-order valence-corrected chi connectivity index (χ2v) is 5.33. The Morgan fingerprint density at radius 2 is 1.38 bits per heavy atom. The third kappa shape index (κ3) is 3.18. The lowest BCUT2D eigenvalue weighted by Crippen LogP contribution is -2.04. The Balaban J connectivity index is 2.42. The minimum absolute atomic E-state index is 0.642. The molecule has 2 rings (SSSR count). The van der Waals surface area contributed by atoms with Crippen LogP contribution in [0, 0.1) is 20.8 Å². The summed E-state index contributed by atoms with van der Waals surface area (Å²) in [4.78, 5) is 0. The normalized spacial score (nSPS) is 11.5. The van der Waals surface area contributed by atoms with Crippen LogP contribution in [0.25, 0.3) is 5.57 Å². The van der Waals surface area contributed by atoms with Crippen molar-refractivity contribution in [1.82, 2.24) is 0 Å². The van der Waals surface area contributed by atoms with Crippen molar-refractivity contribution in [2.24, 2.45) is 0 Å². The van der Waals surface area contributed by atoms with Gasteiger partial charge in [0.05, 0.1) is 5.56 Å². The van der Waals surface area contributed by atoms with Gasteiger partial charge in [0.25, 0.3) is 0 Å². The molecule has 0 fully saturated rings. The first-order valence-corrected chi connectivity index (χ1v) is 6.65. The third-order valence-corrected chi connectivity index (χ3v) is 3.54. The zero-order valence-electron chi connectivity index (χ0n) is 12.3. The predicted octanol–water partition coefficient (Wildman–Crippen LogP) is 5.69. The first kappa shape index (κ1) is 15.4. The molecule has 0 aliphatic carbocycles. The molecule has 0 aromatic heterocycles. The summed E-state index contributed by atoms with van der Waals surface area (Å²) in [6, 6.07) is 9.25. The van der Waals surface area contributed by atoms with Gasteiger partial charge in [-0.05, 0) is 60.7 Å². The summed E-state index contributed by atoms with van der Waals surface area (Å²) >= 11 is 0. The van der Waals surface area contributed by atoms with E-state index in [2.05, 4.69) is 18.7 Å². The van der Waals surface area contributed by atoms with Crippen molar-refractivity contribution in [1.29, 1.82) is 0 Å². The largest absolute Gasteiger partial charge is 0.416 e. The van der Waals surface area contributed by atoms with Crippen LogP contribution in [0.15, 0.2) is 43.0 Å². The highest BCUT2D eigenvalue weighted by atomic mass is 19.4. The third-order valence-electron chi connectivity index (χ3n) is 3.54. The highest BCUT2D eigenvalue weighted by molar-refractivity contribution is 5.81. The molecule has 21 heavy (non-hydrogen) atoms. The average molecular weight is 290 g/mol. The molecule has 0 bridgehead atoms. The molecule has 0 spiro atoms. The Kier molecular flexibility index (Phi) is 3.95. The van der Waals surface area contributed by atoms with Gasteiger partial charge >= 0.3 is 6.18 Å². The lowest BCUT2D eigenvalue weighted by Gasteiger charge is -2.15. The summed E-state index contributed by atoms with van der Waals surface area (Å²) < 4.78 is 37.8. The van der Waals surface area contributed by atoms with E-state index >= 15 is 0 Å². The molecule has 0 amide bonds. The smallest absolute Gasteiger partial charge is 0.166 e. The molecular weight excluding hydrogens is 273 g/mol. The number of benzene rings is 2. The standard InChI is InChI=1S/C18H17F3/c1-11-9-12(2)17(13(3)10-11)14(4)15-5-7-16(8-6-15)18(19,20)21/h5-10H,4H2,1-3H3. The SMILES string of the molecule is C=C(c1ccc(C(F)(F)F)cc1)c1c(C)cc(C)cc1C. The molecule has 0 heterocycles. The lowest BCUT2D eigenvalue weighted by molar-refractivity contribution is -0.137. The Morgan fingerprint density at radius 1 is 0.905 bits per heavy atom. The molecule has 0 saturated heterocycles. The molecule has 2 aromatic carbocycles. The summed E-state index contributed by atoms with van der Waals surface area (Å²) in [6.07, 6.45) is -4.31. The molecule has 2 aromatic rings. The van der Waals surface area contributed by atoms with E-state index in [1.165, 1.54) is 12.1 Å². The van der Waals surface area contributed by atoms with Crippen molar-refractivity contribution in [3.05, 3.63) is 76.4 Å². The van der Waals surface area contributed by atoms with E-state index in [0.717, 1.165) is 40.0 Å². The predicted molar refractivity (Wildman–Crippen MR) is 80.2 cm³/mol. The molecule has 0 aliphatic heterocycles. The van der Waals surface area contributed by atoms with Crippen LogP contribution < -0.4 is 0 Å². The van der Waals surface area contributed by atoms with E-state index in [-0.39, 0.29) is 0 Å². The second-order valence-electron chi connectivity index (χ2n) is 5.33. The first-order chi connectivity index (χ1) is 9.70. The fraction of sp³-hybridized carbons (Fsp3) is 0.222. The van der Waals surface area contributed by atoms with Crippen LogP contribution in [-0.2, 0) is 6.18 Å². The summed E-state index contributed by atoms with van der Waals surface area (Å²) in [5.74, 6) is 0. The zero-order valence-corrected chi connectivity index (χ0v) is 12.3. The number of halogens is 3. The Morgan fingerprint density at radius 3 is 1.81 bits per heavy atom. The molecule has 0 nitrogen and oxygen atoms in total. The maximum absolute atomic E-state index is 12.6. The monoisotopic (exact) mass is 290 g/mol. The van der Waals surface area contributed by atoms with Crippen LogP contribution in [0.3, 0.4) is 0 Å². The quantitative estimate of drug-likeness (QED) is 0.666. The minimum Gasteiger partial charge on any atom is -0.166 e. The topological polar surface area (TPSA) is 0 Å². The number of alkyl halides is 3. The van der Waals surface area contributed by atoms with Gasteiger partial charge in [-0.2, -0.15) is 13.2 Å². The van der Waals surface area contributed by atoms with Gasteiger partial charge in [-0.3, -0.25) is 0 Å². The summed E-state index contributed by atoms with van der Waals surface area (Å²) in [7, 11) is 0. The van der Waals surface area contributed by atoms with Gasteiger partial charge in [-0.1, -0.05) is 36.4 Å². The summed E-state index contributed by atoms with van der Waals surface area (Å²) in [5, 5.41) is 0. The molecule has 0 aliphatic rings. The van der Waals surface area contributed by atoms with Gasteiger partial charge in [0.15, 0.2) is 0 Å². The van der Waals surface area contributed by atoms with Crippen molar-refractivity contribution in [2.45, 2.75) is 26.9 Å². The number of aryl methyl sites for hydroxylation is 3. The maximum Gasteiger partial charge on any atom is 0.416 e. The highest BCUT2D eigenvalue weighted by Gasteiger charge is 2.30. The van der Waals surface area contributed by atoms with Gasteiger partial charge in [0.2, 0.25) is 0 Å².